The minimum atomic E-state index is -0.509. The highest BCUT2D eigenvalue weighted by Crippen LogP contribution is 2.25. The number of carbonyl (C=O) groups excluding carboxylic acids is 1. The molecule has 0 amide bonds. The molecule has 11 heteroatoms. The summed E-state index contributed by atoms with van der Waals surface area (Å²) in [4.78, 5) is 25.6. The molecule has 4 aromatic rings. The zero-order valence-corrected chi connectivity index (χ0v) is 17.6. The van der Waals surface area contributed by atoms with Crippen molar-refractivity contribution in [2.45, 2.75) is 19.2 Å². The topological polar surface area (TPSA) is 110 Å². The Hall–Kier alpha value is -3.67. The fourth-order valence-corrected chi connectivity index (χ4v) is 3.85. The predicted octanol–water partition coefficient (Wildman–Crippen LogP) is 2.25. The molecule has 3 aromatic heterocycles. The molecular weight excluding hydrogens is 429 g/mol. The first-order valence-electron chi connectivity index (χ1n) is 10.5. The maximum absolute atomic E-state index is 12.8. The monoisotopic (exact) mass is 451 g/mol. The Morgan fingerprint density at radius 3 is 3.00 bits per heavy atom. The van der Waals surface area contributed by atoms with Crippen molar-refractivity contribution in [2.24, 2.45) is 0 Å². The summed E-state index contributed by atoms with van der Waals surface area (Å²) in [5.41, 5.74) is 2.90. The summed E-state index contributed by atoms with van der Waals surface area (Å²) in [6.45, 7) is 0.952. The Labute approximate surface area is 188 Å². The van der Waals surface area contributed by atoms with Crippen LogP contribution in [0.3, 0.4) is 0 Å². The third-order valence-electron chi connectivity index (χ3n) is 5.35. The number of rotatable bonds is 8. The number of halogens is 1. The van der Waals surface area contributed by atoms with E-state index in [0.29, 0.717) is 42.7 Å². The molecule has 1 fully saturated rings. The number of benzene rings is 1. The Kier molecular flexibility index (Phi) is 5.82. The van der Waals surface area contributed by atoms with Crippen LogP contribution >= 0.6 is 0 Å². The van der Waals surface area contributed by atoms with E-state index in [4.69, 9.17) is 4.84 Å². The molecule has 0 aliphatic carbocycles. The second kappa shape index (κ2) is 9.06. The molecule has 0 radical (unpaired) electrons. The summed E-state index contributed by atoms with van der Waals surface area (Å²) in [5, 5.41) is 19.5. The summed E-state index contributed by atoms with van der Waals surface area (Å²) in [6, 6.07) is 7.22. The lowest BCUT2D eigenvalue weighted by molar-refractivity contribution is -0.117. The van der Waals surface area contributed by atoms with Gasteiger partial charge in [-0.05, 0) is 18.2 Å². The normalized spacial score (nSPS) is 16.5. The van der Waals surface area contributed by atoms with E-state index in [-0.39, 0.29) is 6.54 Å². The Morgan fingerprint density at radius 1 is 1.30 bits per heavy atom. The maximum Gasteiger partial charge on any atom is 0.229 e. The Bertz CT molecular complexity index is 1290. The smallest absolute Gasteiger partial charge is 0.229 e. The SMILES string of the molecule is O=Cc1cn(CCF)c2ccc(Nc3nccc(-n4cc(CN5CC(O)CO5)cn4)n3)cc12. The number of anilines is 2. The van der Waals surface area contributed by atoms with Crippen LogP contribution in [0.25, 0.3) is 16.7 Å². The van der Waals surface area contributed by atoms with E-state index >= 15 is 0 Å². The fraction of sp³-hybridized carbons (Fsp3) is 0.273. The minimum Gasteiger partial charge on any atom is -0.389 e. The Balaban J connectivity index is 1.34. The van der Waals surface area contributed by atoms with Crippen LogP contribution in [-0.4, -0.2) is 66.7 Å². The first kappa shape index (κ1) is 21.2. The summed E-state index contributed by atoms with van der Waals surface area (Å²) in [7, 11) is 0. The molecule has 0 spiro atoms. The third kappa shape index (κ3) is 4.46. The number of aryl methyl sites for hydroxylation is 1. The highest BCUT2D eigenvalue weighted by Gasteiger charge is 2.21. The molecule has 4 heterocycles. The molecule has 1 atom stereocenters. The molecule has 0 saturated carbocycles. The lowest BCUT2D eigenvalue weighted by Crippen LogP contribution is -2.20. The van der Waals surface area contributed by atoms with Gasteiger partial charge in [0.2, 0.25) is 5.95 Å². The van der Waals surface area contributed by atoms with Crippen LogP contribution < -0.4 is 5.32 Å². The van der Waals surface area contributed by atoms with Crippen molar-refractivity contribution in [3.63, 3.8) is 0 Å². The number of fused-ring (bicyclic) bond motifs is 1. The number of alkyl halides is 1. The maximum atomic E-state index is 12.8. The van der Waals surface area contributed by atoms with Gasteiger partial charge in [0, 0.05) is 52.4 Å². The minimum absolute atomic E-state index is 0.193. The molecule has 1 saturated heterocycles. The van der Waals surface area contributed by atoms with Gasteiger partial charge >= 0.3 is 0 Å². The van der Waals surface area contributed by atoms with Gasteiger partial charge in [-0.25, -0.2) is 14.1 Å². The average molecular weight is 451 g/mol. The van der Waals surface area contributed by atoms with Crippen molar-refractivity contribution in [3.05, 3.63) is 60.2 Å². The van der Waals surface area contributed by atoms with E-state index in [0.717, 1.165) is 22.8 Å². The largest absolute Gasteiger partial charge is 0.389 e. The molecule has 1 aliphatic heterocycles. The van der Waals surface area contributed by atoms with Gasteiger partial charge in [-0.2, -0.15) is 15.1 Å². The van der Waals surface area contributed by atoms with Crippen molar-refractivity contribution >= 4 is 28.8 Å². The third-order valence-corrected chi connectivity index (χ3v) is 5.35. The molecule has 5 rings (SSSR count). The van der Waals surface area contributed by atoms with Crippen molar-refractivity contribution in [3.8, 4) is 5.82 Å². The Morgan fingerprint density at radius 2 is 2.21 bits per heavy atom. The molecule has 0 bridgehead atoms. The van der Waals surface area contributed by atoms with Crippen molar-refractivity contribution in [2.75, 3.05) is 25.1 Å². The number of hydroxylamine groups is 2. The average Bonchev–Trinajstić information content (AvgIpc) is 3.54. The standard InChI is InChI=1S/C22H22FN7O3/c23-4-6-28-11-16(13-31)19-7-17(1-2-20(19)28)26-22-24-5-3-21(27-22)30-10-15(8-25-30)9-29-12-18(32)14-33-29/h1-3,5,7-8,10-11,13,18,32H,4,6,9,12,14H2,(H,24,26,27). The number of aliphatic hydroxyl groups excluding tert-OH is 1. The number of aldehydes is 1. The van der Waals surface area contributed by atoms with Crippen LogP contribution in [0.1, 0.15) is 15.9 Å². The first-order chi connectivity index (χ1) is 16.1. The summed E-state index contributed by atoms with van der Waals surface area (Å²) in [6.07, 6.45) is 7.14. The molecule has 1 unspecified atom stereocenters. The van der Waals surface area contributed by atoms with Crippen molar-refractivity contribution in [1.29, 1.82) is 0 Å². The van der Waals surface area contributed by atoms with Crippen LogP contribution in [0.15, 0.2) is 49.1 Å². The van der Waals surface area contributed by atoms with Crippen LogP contribution in [0.4, 0.5) is 16.0 Å². The van der Waals surface area contributed by atoms with Gasteiger partial charge in [0.15, 0.2) is 12.1 Å². The number of nitrogens with one attached hydrogen (secondary N) is 1. The van der Waals surface area contributed by atoms with Gasteiger partial charge in [0.25, 0.3) is 0 Å². The quantitative estimate of drug-likeness (QED) is 0.393. The summed E-state index contributed by atoms with van der Waals surface area (Å²) < 4.78 is 16.2. The van der Waals surface area contributed by atoms with Gasteiger partial charge in [-0.3, -0.25) is 9.63 Å². The molecule has 2 N–H and O–H groups in total. The van der Waals surface area contributed by atoms with Crippen LogP contribution in [0.5, 0.6) is 0 Å². The van der Waals surface area contributed by atoms with Crippen molar-refractivity contribution in [1.82, 2.24) is 29.4 Å². The number of hydrogen-bond acceptors (Lipinski definition) is 8. The highest BCUT2D eigenvalue weighted by molar-refractivity contribution is 5.99. The van der Waals surface area contributed by atoms with Crippen LogP contribution in [0.2, 0.25) is 0 Å². The van der Waals surface area contributed by atoms with E-state index in [1.54, 1.807) is 39.0 Å². The number of carbonyl (C=O) groups is 1. The van der Waals surface area contributed by atoms with Gasteiger partial charge in [-0.15, -0.1) is 0 Å². The number of hydrogen-bond donors (Lipinski definition) is 2. The zero-order chi connectivity index (χ0) is 22.8. The van der Waals surface area contributed by atoms with Crippen LogP contribution in [-0.2, 0) is 17.9 Å². The molecule has 33 heavy (non-hydrogen) atoms. The van der Waals surface area contributed by atoms with E-state index in [9.17, 15) is 14.3 Å². The predicted molar refractivity (Wildman–Crippen MR) is 118 cm³/mol. The van der Waals surface area contributed by atoms with E-state index in [1.165, 1.54) is 0 Å². The van der Waals surface area contributed by atoms with Gasteiger partial charge in [-0.1, -0.05) is 0 Å². The number of nitrogens with zero attached hydrogens (tertiary/aromatic N) is 6. The highest BCUT2D eigenvalue weighted by atomic mass is 19.1. The fourth-order valence-electron chi connectivity index (χ4n) is 3.85. The second-order valence-electron chi connectivity index (χ2n) is 7.75. The molecule has 1 aromatic carbocycles. The number of aromatic nitrogens is 5. The van der Waals surface area contributed by atoms with E-state index in [1.807, 2.05) is 24.4 Å². The van der Waals surface area contributed by atoms with Gasteiger partial charge < -0.3 is 15.0 Å². The van der Waals surface area contributed by atoms with E-state index in [2.05, 4.69) is 20.4 Å². The molecule has 1 aliphatic rings. The number of aliphatic hydroxyl groups is 1. The summed E-state index contributed by atoms with van der Waals surface area (Å²) in [5.74, 6) is 0.940. The molecule has 10 nitrogen and oxygen atoms in total. The molecular formula is C22H22FN7O3. The second-order valence-corrected chi connectivity index (χ2v) is 7.75. The zero-order valence-electron chi connectivity index (χ0n) is 17.6. The molecule has 170 valence electrons. The van der Waals surface area contributed by atoms with Crippen LogP contribution in [0, 0.1) is 0 Å². The summed E-state index contributed by atoms with van der Waals surface area (Å²) >= 11 is 0. The van der Waals surface area contributed by atoms with Gasteiger partial charge in [0.05, 0.1) is 38.5 Å². The van der Waals surface area contributed by atoms with E-state index < -0.39 is 12.8 Å². The lowest BCUT2D eigenvalue weighted by Gasteiger charge is -2.11. The van der Waals surface area contributed by atoms with Crippen molar-refractivity contribution < 1.29 is 19.1 Å². The lowest BCUT2D eigenvalue weighted by atomic mass is 10.1. The number of β-amino-alcohol motifs (C(OH)–C–C–N with tert-alkyl or cyclic N) is 1. The first-order valence-corrected chi connectivity index (χ1v) is 10.5. The van der Waals surface area contributed by atoms with Gasteiger partial charge in [0.1, 0.15) is 6.67 Å².